The van der Waals surface area contributed by atoms with Gasteiger partial charge in [-0.15, -0.1) is 0 Å². The Labute approximate surface area is 327 Å². The molecule has 0 unspecified atom stereocenters. The summed E-state index contributed by atoms with van der Waals surface area (Å²) in [7, 11) is 0. The lowest BCUT2D eigenvalue weighted by molar-refractivity contribution is -0.143. The van der Waals surface area contributed by atoms with Crippen LogP contribution in [0.2, 0.25) is 0 Å². The third-order valence-corrected chi connectivity index (χ3v) is 11.1. The van der Waals surface area contributed by atoms with Crippen molar-refractivity contribution in [2.24, 2.45) is 23.7 Å². The number of nitrogens with zero attached hydrogens (tertiary/aromatic N) is 4. The largest absolute Gasteiger partial charge is 0.405 e. The summed E-state index contributed by atoms with van der Waals surface area (Å²) < 4.78 is 78.4. The van der Waals surface area contributed by atoms with Crippen molar-refractivity contribution < 1.29 is 55.7 Å². The molecule has 58 heavy (non-hydrogen) atoms. The monoisotopic (exact) mass is 826 g/mol. The zero-order chi connectivity index (χ0) is 43.0. The molecule has 0 saturated carbocycles. The van der Waals surface area contributed by atoms with Crippen LogP contribution in [0.15, 0.2) is 46.0 Å². The van der Waals surface area contributed by atoms with E-state index in [4.69, 9.17) is 0 Å². The zero-order valence-corrected chi connectivity index (χ0v) is 31.9. The van der Waals surface area contributed by atoms with Crippen molar-refractivity contribution in [2.45, 2.75) is 77.3 Å². The van der Waals surface area contributed by atoms with Gasteiger partial charge in [-0.2, -0.15) is 26.3 Å². The second-order valence-corrected chi connectivity index (χ2v) is 14.5. The number of fused-ring (bicyclic) bond motifs is 8. The molecule has 2 fully saturated rings. The van der Waals surface area contributed by atoms with Crippen molar-refractivity contribution in [3.63, 3.8) is 0 Å². The molecule has 8 atom stereocenters. The second kappa shape index (κ2) is 16.9. The molecular weight excluding hydrogens is 782 g/mol. The minimum atomic E-state index is -4.59. The Morgan fingerprint density at radius 3 is 1.29 bits per heavy atom. The number of nitrogens with one attached hydrogen (secondary N) is 2. The van der Waals surface area contributed by atoms with E-state index < -0.39 is 98.3 Å². The molecule has 0 aromatic carbocycles. The number of amides is 4. The molecule has 2 aromatic rings. The van der Waals surface area contributed by atoms with Gasteiger partial charge in [0.1, 0.15) is 13.1 Å². The van der Waals surface area contributed by atoms with Crippen LogP contribution in [0.5, 0.6) is 0 Å². The van der Waals surface area contributed by atoms with Crippen LogP contribution in [0.4, 0.5) is 26.3 Å². The van der Waals surface area contributed by atoms with Crippen molar-refractivity contribution in [3.05, 3.63) is 79.6 Å². The van der Waals surface area contributed by atoms with E-state index >= 15 is 0 Å². The summed E-state index contributed by atoms with van der Waals surface area (Å²) in [5.41, 5.74) is 0.963. The predicted molar refractivity (Wildman–Crippen MR) is 195 cm³/mol. The number of rotatable bonds is 8. The SMILES string of the molecule is C/C=C/c1ccc2n(c1=O)C[C@H]1[C@H](CO)[C@@H](C(=O)NCC(F)(F)F)[C@@H]2N1C(C)=O.C/C=C\c1ccc2n(c1=O)C[C@H]1[C@H](CO)[C@@H](C(=O)NCC(F)(F)F)[C@@H]2N1C(C)=O. The van der Waals surface area contributed by atoms with E-state index in [9.17, 15) is 65.3 Å². The number of aromatic nitrogens is 2. The van der Waals surface area contributed by atoms with Gasteiger partial charge < -0.3 is 39.8 Å². The molecule has 4 amide bonds. The van der Waals surface area contributed by atoms with E-state index in [-0.39, 0.29) is 36.0 Å². The van der Waals surface area contributed by atoms with E-state index in [0.717, 1.165) is 0 Å². The second-order valence-electron chi connectivity index (χ2n) is 14.5. The summed E-state index contributed by atoms with van der Waals surface area (Å²) in [5, 5.41) is 23.5. The molecule has 0 spiro atoms. The number of aliphatic hydroxyl groups excluding tert-OH is 2. The molecule has 6 heterocycles. The van der Waals surface area contributed by atoms with Crippen LogP contribution >= 0.6 is 0 Å². The molecule has 2 aromatic heterocycles. The first-order valence-electron chi connectivity index (χ1n) is 18.4. The highest BCUT2D eigenvalue weighted by molar-refractivity contribution is 5.84. The molecule has 4 aliphatic rings. The van der Waals surface area contributed by atoms with Crippen LogP contribution in [-0.4, -0.2) is 104 Å². The summed E-state index contributed by atoms with van der Waals surface area (Å²) in [6.45, 7) is 2.21. The van der Waals surface area contributed by atoms with Gasteiger partial charge in [0.25, 0.3) is 11.1 Å². The van der Waals surface area contributed by atoms with Crippen molar-refractivity contribution in [1.82, 2.24) is 29.6 Å². The van der Waals surface area contributed by atoms with Crippen molar-refractivity contribution in [3.8, 4) is 0 Å². The van der Waals surface area contributed by atoms with E-state index in [1.54, 1.807) is 62.4 Å². The molecule has 4 bridgehead atoms. The van der Waals surface area contributed by atoms with Crippen molar-refractivity contribution >= 4 is 35.8 Å². The highest BCUT2D eigenvalue weighted by Gasteiger charge is 2.58. The number of pyridine rings is 2. The molecule has 0 radical (unpaired) electrons. The minimum absolute atomic E-state index is 0.0594. The van der Waals surface area contributed by atoms with Crippen LogP contribution in [0.25, 0.3) is 12.2 Å². The number of hydrogen-bond donors (Lipinski definition) is 4. The summed E-state index contributed by atoms with van der Waals surface area (Å²) in [6.07, 6.45) is -2.51. The lowest BCUT2D eigenvalue weighted by Gasteiger charge is -2.37. The highest BCUT2D eigenvalue weighted by Crippen LogP contribution is 2.49. The Kier molecular flexibility index (Phi) is 12.8. The summed E-state index contributed by atoms with van der Waals surface area (Å²) in [5.74, 6) is -6.34. The number of carbonyl (C=O) groups excluding carboxylic acids is 4. The number of aliphatic hydroxyl groups is 2. The average Bonchev–Trinajstić information content (AvgIpc) is 3.55. The third-order valence-electron chi connectivity index (χ3n) is 11.1. The van der Waals surface area contributed by atoms with Gasteiger partial charge in [0.05, 0.1) is 36.0 Å². The Balaban J connectivity index is 0.000000221. The molecule has 6 rings (SSSR count). The highest BCUT2D eigenvalue weighted by atomic mass is 19.4. The van der Waals surface area contributed by atoms with Crippen LogP contribution in [0.1, 0.15) is 62.3 Å². The van der Waals surface area contributed by atoms with Crippen LogP contribution in [-0.2, 0) is 32.3 Å². The molecule has 0 aliphatic carbocycles. The zero-order valence-electron chi connectivity index (χ0n) is 31.9. The summed E-state index contributed by atoms with van der Waals surface area (Å²) >= 11 is 0. The van der Waals surface area contributed by atoms with Gasteiger partial charge in [0.2, 0.25) is 23.6 Å². The lowest BCUT2D eigenvalue weighted by Crippen LogP contribution is -2.48. The standard InChI is InChI=1S/2C19H22F3N3O4/c2*1-3-4-11-5-6-13-16-15(17(28)23-9-19(20,21)22)12(8-26)14(25(16)10(2)27)7-24(13)18(11)29/h2*3-6,12,14-16,26H,7-9H2,1-2H3,(H,23,28)/b4-3+;4-3-/t2*12-,14-,15+,16+/m00/s1. The lowest BCUT2D eigenvalue weighted by atomic mass is 9.86. The minimum Gasteiger partial charge on any atom is -0.396 e. The topological polar surface area (TPSA) is 183 Å². The van der Waals surface area contributed by atoms with E-state index in [0.29, 0.717) is 22.5 Å². The van der Waals surface area contributed by atoms with Gasteiger partial charge in [-0.3, -0.25) is 28.8 Å². The molecule has 4 aliphatic heterocycles. The maximum absolute atomic E-state index is 12.8. The number of allylic oxidation sites excluding steroid dienone is 2. The fraction of sp³-hybridized carbons (Fsp3) is 0.526. The normalized spacial score (nSPS) is 25.9. The fourth-order valence-electron chi connectivity index (χ4n) is 8.93. The first-order valence-corrected chi connectivity index (χ1v) is 18.4. The van der Waals surface area contributed by atoms with Gasteiger partial charge in [-0.05, 0) is 38.1 Å². The Morgan fingerprint density at radius 1 is 0.672 bits per heavy atom. The number of alkyl halides is 6. The maximum Gasteiger partial charge on any atom is 0.405 e. The van der Waals surface area contributed by atoms with E-state index in [2.05, 4.69) is 0 Å². The molecule has 316 valence electrons. The summed E-state index contributed by atoms with van der Waals surface area (Å²) in [6, 6.07) is 3.14. The van der Waals surface area contributed by atoms with Gasteiger partial charge >= 0.3 is 12.4 Å². The van der Waals surface area contributed by atoms with Crippen molar-refractivity contribution in [2.75, 3.05) is 26.3 Å². The van der Waals surface area contributed by atoms with Gasteiger partial charge in [0.15, 0.2) is 0 Å². The number of hydrogen-bond acceptors (Lipinski definition) is 8. The van der Waals surface area contributed by atoms with Crippen molar-refractivity contribution in [1.29, 1.82) is 0 Å². The summed E-state index contributed by atoms with van der Waals surface area (Å²) in [4.78, 5) is 78.4. The quantitative estimate of drug-likeness (QED) is 0.292. The smallest absolute Gasteiger partial charge is 0.396 e. The van der Waals surface area contributed by atoms with E-state index in [1.165, 1.54) is 32.8 Å². The first-order chi connectivity index (χ1) is 27.2. The maximum atomic E-state index is 12.8. The van der Waals surface area contributed by atoms with Crippen LogP contribution < -0.4 is 21.8 Å². The fourth-order valence-corrected chi connectivity index (χ4v) is 8.93. The van der Waals surface area contributed by atoms with Gasteiger partial charge in [-0.25, -0.2) is 0 Å². The van der Waals surface area contributed by atoms with Gasteiger partial charge in [0, 0.05) is 74.5 Å². The molecule has 20 heteroatoms. The predicted octanol–water partition coefficient (Wildman–Crippen LogP) is 2.14. The van der Waals surface area contributed by atoms with E-state index in [1.807, 2.05) is 10.6 Å². The van der Waals surface area contributed by atoms with Crippen LogP contribution in [0, 0.1) is 23.7 Å². The number of halogens is 6. The molecule has 14 nitrogen and oxygen atoms in total. The molecule has 4 N–H and O–H groups in total. The average molecular weight is 827 g/mol. The Bertz CT molecular complexity index is 1970. The molecular formula is C38H44F6N6O8. The molecule has 2 saturated heterocycles. The van der Waals surface area contributed by atoms with Gasteiger partial charge in [-0.1, -0.05) is 24.3 Å². The Morgan fingerprint density at radius 2 is 1.02 bits per heavy atom. The number of carbonyl (C=O) groups is 4. The third kappa shape index (κ3) is 8.34. The first kappa shape index (κ1) is 43.9. The Hall–Kier alpha value is -5.24. The van der Waals surface area contributed by atoms with Crippen LogP contribution in [0.3, 0.4) is 0 Å².